The summed E-state index contributed by atoms with van der Waals surface area (Å²) in [6.45, 7) is 7.22. The average molecular weight is 409 g/mol. The molecule has 1 amide bonds. The van der Waals surface area contributed by atoms with Gasteiger partial charge in [0.25, 0.3) is 5.91 Å². The number of likely N-dealkylation sites (tertiary alicyclic amines) is 1. The number of pyridine rings is 1. The van der Waals surface area contributed by atoms with Crippen molar-refractivity contribution >= 4 is 11.6 Å². The van der Waals surface area contributed by atoms with Crippen LogP contribution in [-0.2, 0) is 6.54 Å². The predicted octanol–water partition coefficient (Wildman–Crippen LogP) is 4.07. The average Bonchev–Trinajstić information content (AvgIpc) is 3.06. The number of aryl methyl sites for hydroxylation is 1. The summed E-state index contributed by atoms with van der Waals surface area (Å²) >= 11 is 0. The van der Waals surface area contributed by atoms with E-state index >= 15 is 0 Å². The highest BCUT2D eigenvalue weighted by Gasteiger charge is 2.25. The van der Waals surface area contributed by atoms with Crippen LogP contribution in [0.4, 0.5) is 0 Å². The van der Waals surface area contributed by atoms with Crippen LogP contribution in [0.5, 0.6) is 5.75 Å². The zero-order chi connectivity index (χ0) is 20.2. The molecule has 1 fully saturated rings. The molecule has 0 unspecified atom stereocenters. The quantitative estimate of drug-likeness (QED) is 0.668. The number of benzene rings is 1. The number of imidazole rings is 1. The summed E-state index contributed by atoms with van der Waals surface area (Å²) in [5.74, 6) is 0.624. The first-order chi connectivity index (χ1) is 14.2. The van der Waals surface area contributed by atoms with Gasteiger partial charge in [0.05, 0.1) is 12.3 Å². The standard InChI is InChI=1S/C23H28N4O2.CH4/c1-3-29-20-12-8-14-27-21(17(2)24-22(20)27)23(28)25-19-11-7-13-26(16-19)15-18-9-5-4-6-10-18;/h4-6,8-10,12,14,19H,3,7,11,13,15-16H2,1-2H3,(H,25,28);1H4/t19-;/m0./s1. The molecule has 6 heteroatoms. The Kier molecular flexibility index (Phi) is 7.11. The molecular weight excluding hydrogens is 376 g/mol. The van der Waals surface area contributed by atoms with Gasteiger partial charge in [-0.2, -0.15) is 0 Å². The topological polar surface area (TPSA) is 58.9 Å². The van der Waals surface area contributed by atoms with Gasteiger partial charge in [-0.3, -0.25) is 14.1 Å². The van der Waals surface area contributed by atoms with Crippen molar-refractivity contribution in [1.29, 1.82) is 0 Å². The van der Waals surface area contributed by atoms with Crippen LogP contribution in [0.25, 0.3) is 5.65 Å². The molecule has 0 radical (unpaired) electrons. The van der Waals surface area contributed by atoms with Crippen molar-refractivity contribution in [3.63, 3.8) is 0 Å². The van der Waals surface area contributed by atoms with E-state index in [1.165, 1.54) is 5.56 Å². The molecule has 30 heavy (non-hydrogen) atoms. The molecule has 1 saturated heterocycles. The molecule has 4 rings (SSSR count). The van der Waals surface area contributed by atoms with E-state index in [1.807, 2.05) is 42.6 Å². The molecule has 1 aromatic carbocycles. The number of ether oxygens (including phenoxy) is 1. The predicted molar refractivity (Wildman–Crippen MR) is 120 cm³/mol. The van der Waals surface area contributed by atoms with Crippen LogP contribution in [-0.4, -0.2) is 45.9 Å². The third-order valence-corrected chi connectivity index (χ3v) is 5.39. The van der Waals surface area contributed by atoms with E-state index < -0.39 is 0 Å². The summed E-state index contributed by atoms with van der Waals surface area (Å²) in [5.41, 5.74) is 3.29. The number of hydrogen-bond acceptors (Lipinski definition) is 4. The molecule has 0 spiro atoms. The molecule has 160 valence electrons. The number of hydrogen-bond donors (Lipinski definition) is 1. The van der Waals surface area contributed by atoms with E-state index in [1.54, 1.807) is 0 Å². The number of carbonyl (C=O) groups is 1. The van der Waals surface area contributed by atoms with Crippen LogP contribution < -0.4 is 10.1 Å². The van der Waals surface area contributed by atoms with Gasteiger partial charge in [0, 0.05) is 25.3 Å². The lowest BCUT2D eigenvalue weighted by atomic mass is 10.0. The van der Waals surface area contributed by atoms with Gasteiger partial charge in [-0.25, -0.2) is 4.98 Å². The molecule has 1 N–H and O–H groups in total. The second-order valence-electron chi connectivity index (χ2n) is 7.58. The summed E-state index contributed by atoms with van der Waals surface area (Å²) in [5, 5.41) is 3.24. The highest BCUT2D eigenvalue weighted by molar-refractivity contribution is 5.95. The van der Waals surface area contributed by atoms with Gasteiger partial charge >= 0.3 is 0 Å². The van der Waals surface area contributed by atoms with Gasteiger partial charge in [0.15, 0.2) is 11.4 Å². The van der Waals surface area contributed by atoms with Crippen molar-refractivity contribution in [2.45, 2.75) is 46.7 Å². The molecule has 3 aromatic rings. The van der Waals surface area contributed by atoms with Crippen molar-refractivity contribution in [2.75, 3.05) is 19.7 Å². The number of fused-ring (bicyclic) bond motifs is 1. The largest absolute Gasteiger partial charge is 0.490 e. The minimum atomic E-state index is -0.0739. The maximum atomic E-state index is 13.1. The first-order valence-electron chi connectivity index (χ1n) is 10.3. The summed E-state index contributed by atoms with van der Waals surface area (Å²) in [4.78, 5) is 20.1. The number of piperidine rings is 1. The zero-order valence-electron chi connectivity index (χ0n) is 17.1. The molecule has 0 aliphatic carbocycles. The number of carbonyl (C=O) groups excluding carboxylic acids is 1. The van der Waals surface area contributed by atoms with Crippen molar-refractivity contribution in [3.05, 3.63) is 65.6 Å². The Morgan fingerprint density at radius 2 is 2.03 bits per heavy atom. The van der Waals surface area contributed by atoms with Gasteiger partial charge in [-0.05, 0) is 50.9 Å². The molecule has 1 aliphatic rings. The first kappa shape index (κ1) is 21.8. The second kappa shape index (κ2) is 9.76. The van der Waals surface area contributed by atoms with Gasteiger partial charge in [-0.1, -0.05) is 37.8 Å². The van der Waals surface area contributed by atoms with Gasteiger partial charge in [0.2, 0.25) is 0 Å². The van der Waals surface area contributed by atoms with Crippen molar-refractivity contribution in [3.8, 4) is 5.75 Å². The molecule has 1 atom stereocenters. The smallest absolute Gasteiger partial charge is 0.270 e. The molecule has 0 saturated carbocycles. The summed E-state index contributed by atoms with van der Waals surface area (Å²) < 4.78 is 7.50. The fourth-order valence-electron chi connectivity index (χ4n) is 4.11. The van der Waals surface area contributed by atoms with Gasteiger partial charge in [-0.15, -0.1) is 0 Å². The first-order valence-corrected chi connectivity index (χ1v) is 10.3. The number of nitrogens with zero attached hydrogens (tertiary/aromatic N) is 3. The van der Waals surface area contributed by atoms with Crippen LogP contribution in [0.1, 0.15) is 48.9 Å². The Labute approximate surface area is 178 Å². The highest BCUT2D eigenvalue weighted by Crippen LogP contribution is 2.22. The van der Waals surface area contributed by atoms with Crippen LogP contribution in [0.15, 0.2) is 48.7 Å². The molecule has 2 aromatic heterocycles. The van der Waals surface area contributed by atoms with Crippen LogP contribution in [0.3, 0.4) is 0 Å². The lowest BCUT2D eigenvalue weighted by molar-refractivity contribution is 0.0894. The maximum Gasteiger partial charge on any atom is 0.270 e. The Bertz CT molecular complexity index is 984. The van der Waals surface area contributed by atoms with E-state index in [0.717, 1.165) is 32.5 Å². The Hall–Kier alpha value is -2.86. The van der Waals surface area contributed by atoms with Crippen molar-refractivity contribution in [1.82, 2.24) is 19.6 Å². The Morgan fingerprint density at radius 3 is 2.80 bits per heavy atom. The monoisotopic (exact) mass is 408 g/mol. The van der Waals surface area contributed by atoms with E-state index in [4.69, 9.17) is 4.74 Å². The third-order valence-electron chi connectivity index (χ3n) is 5.39. The lowest BCUT2D eigenvalue weighted by Gasteiger charge is -2.33. The van der Waals surface area contributed by atoms with Crippen LogP contribution in [0.2, 0.25) is 0 Å². The van der Waals surface area contributed by atoms with Crippen molar-refractivity contribution in [2.24, 2.45) is 0 Å². The third kappa shape index (κ3) is 4.65. The number of amides is 1. The van der Waals surface area contributed by atoms with Crippen molar-refractivity contribution < 1.29 is 9.53 Å². The molecule has 1 aliphatic heterocycles. The number of rotatable bonds is 6. The fourth-order valence-corrected chi connectivity index (χ4v) is 4.11. The minimum absolute atomic E-state index is 0. The van der Waals surface area contributed by atoms with Crippen LogP contribution in [0, 0.1) is 6.92 Å². The Balaban J connectivity index is 0.00000256. The Morgan fingerprint density at radius 1 is 1.23 bits per heavy atom. The summed E-state index contributed by atoms with van der Waals surface area (Å²) in [6, 6.07) is 14.4. The molecule has 0 bridgehead atoms. The molecule has 6 nitrogen and oxygen atoms in total. The normalized spacial score (nSPS) is 16.8. The molecule has 3 heterocycles. The van der Waals surface area contributed by atoms with E-state index in [-0.39, 0.29) is 19.4 Å². The zero-order valence-corrected chi connectivity index (χ0v) is 17.1. The minimum Gasteiger partial charge on any atom is -0.490 e. The van der Waals surface area contributed by atoms with E-state index in [0.29, 0.717) is 29.4 Å². The second-order valence-corrected chi connectivity index (χ2v) is 7.58. The molecular formula is C24H32N4O2. The number of nitrogens with one attached hydrogen (secondary N) is 1. The SMILES string of the molecule is C.CCOc1cccn2c(C(=O)N[C@H]3CCCN(Cc4ccccc4)C3)c(C)nc12. The van der Waals surface area contributed by atoms with Gasteiger partial charge in [0.1, 0.15) is 5.69 Å². The highest BCUT2D eigenvalue weighted by atomic mass is 16.5. The van der Waals surface area contributed by atoms with E-state index in [9.17, 15) is 4.79 Å². The van der Waals surface area contributed by atoms with Crippen LogP contribution >= 0.6 is 0 Å². The fraction of sp³-hybridized carbons (Fsp3) is 0.417. The lowest BCUT2D eigenvalue weighted by Crippen LogP contribution is -2.47. The van der Waals surface area contributed by atoms with E-state index in [2.05, 4.69) is 39.5 Å². The summed E-state index contributed by atoms with van der Waals surface area (Å²) in [7, 11) is 0. The number of aromatic nitrogens is 2. The maximum absolute atomic E-state index is 13.1. The van der Waals surface area contributed by atoms with Gasteiger partial charge < -0.3 is 10.1 Å². The summed E-state index contributed by atoms with van der Waals surface area (Å²) in [6.07, 6.45) is 3.95.